The Bertz CT molecular complexity index is 1190. The lowest BCUT2D eigenvalue weighted by Crippen LogP contribution is -2.36. The van der Waals surface area contributed by atoms with Gasteiger partial charge in [-0.05, 0) is 59.9 Å². The Hall–Kier alpha value is -2.66. The van der Waals surface area contributed by atoms with Crippen molar-refractivity contribution in [2.45, 2.75) is 32.1 Å². The highest BCUT2D eigenvalue weighted by Crippen LogP contribution is 2.27. The maximum absolute atomic E-state index is 13.4. The minimum absolute atomic E-state index is 0.378. The monoisotopic (exact) mass is 392 g/mol. The lowest BCUT2D eigenvalue weighted by atomic mass is 10.0. The number of nitrogens with zero attached hydrogens (tertiary/aromatic N) is 2. The van der Waals surface area contributed by atoms with Crippen molar-refractivity contribution in [2.24, 2.45) is 4.99 Å². The maximum Gasteiger partial charge on any atom is 0.265 e. The van der Waals surface area contributed by atoms with E-state index < -0.39 is 10.0 Å². The topological polar surface area (TPSA) is 49.7 Å². The summed E-state index contributed by atoms with van der Waals surface area (Å²) in [4.78, 5) is 4.92. The summed E-state index contributed by atoms with van der Waals surface area (Å²) in [5.41, 5.74) is 3.95. The van der Waals surface area contributed by atoms with E-state index in [2.05, 4.69) is 29.3 Å². The summed E-state index contributed by atoms with van der Waals surface area (Å²) in [5, 5.41) is 2.29. The highest BCUT2D eigenvalue weighted by Gasteiger charge is 2.32. The van der Waals surface area contributed by atoms with Gasteiger partial charge in [0.2, 0.25) is 0 Å². The highest BCUT2D eigenvalue weighted by atomic mass is 32.2. The maximum atomic E-state index is 13.4. The van der Waals surface area contributed by atoms with Crippen LogP contribution in [0.25, 0.3) is 10.8 Å². The first-order valence-electron chi connectivity index (χ1n) is 9.48. The van der Waals surface area contributed by atoms with Crippen molar-refractivity contribution in [2.75, 3.05) is 13.1 Å². The van der Waals surface area contributed by atoms with Crippen LogP contribution in [0.2, 0.25) is 0 Å². The summed E-state index contributed by atoms with van der Waals surface area (Å²) >= 11 is 0. The summed E-state index contributed by atoms with van der Waals surface area (Å²) in [6, 6.07) is 18.0. The number of benzene rings is 3. The van der Waals surface area contributed by atoms with E-state index in [9.17, 15) is 8.42 Å². The Balaban J connectivity index is 1.71. The van der Waals surface area contributed by atoms with Gasteiger partial charge in [-0.3, -0.25) is 9.30 Å². The molecule has 3 aromatic carbocycles. The molecular weight excluding hydrogens is 368 g/mol. The van der Waals surface area contributed by atoms with Crippen LogP contribution >= 0.6 is 0 Å². The third kappa shape index (κ3) is 3.20. The van der Waals surface area contributed by atoms with Gasteiger partial charge in [0.15, 0.2) is 0 Å². The van der Waals surface area contributed by atoms with Gasteiger partial charge >= 0.3 is 0 Å². The zero-order valence-corrected chi connectivity index (χ0v) is 17.3. The van der Waals surface area contributed by atoms with Crippen molar-refractivity contribution in [3.05, 3.63) is 76.9 Å². The first-order chi connectivity index (χ1) is 13.4. The molecule has 0 amide bonds. The molecule has 4 nitrogen and oxygen atoms in total. The van der Waals surface area contributed by atoms with Gasteiger partial charge in [-0.1, -0.05) is 48.5 Å². The van der Waals surface area contributed by atoms with Crippen molar-refractivity contribution in [1.29, 1.82) is 0 Å². The fourth-order valence-corrected chi connectivity index (χ4v) is 5.58. The molecule has 0 spiro atoms. The van der Waals surface area contributed by atoms with Gasteiger partial charge in [0.25, 0.3) is 10.0 Å². The smallest absolute Gasteiger partial charge is 0.265 e. The lowest BCUT2D eigenvalue weighted by molar-refractivity contribution is 0.535. The third-order valence-corrected chi connectivity index (χ3v) is 7.44. The molecule has 0 aromatic heterocycles. The quantitative estimate of drug-likeness (QED) is 0.660. The number of fused-ring (bicyclic) bond motifs is 1. The molecule has 28 heavy (non-hydrogen) atoms. The van der Waals surface area contributed by atoms with Crippen molar-refractivity contribution in [1.82, 2.24) is 4.31 Å². The first kappa shape index (κ1) is 18.7. The van der Waals surface area contributed by atoms with E-state index in [0.29, 0.717) is 30.2 Å². The number of amidine groups is 1. The molecule has 5 heteroatoms. The minimum Gasteiger partial charge on any atom is -0.269 e. The Labute approximate surface area is 166 Å². The van der Waals surface area contributed by atoms with Crippen LogP contribution in [0, 0.1) is 20.8 Å². The molecule has 0 fully saturated rings. The van der Waals surface area contributed by atoms with Crippen LogP contribution in [0.5, 0.6) is 0 Å². The van der Waals surface area contributed by atoms with E-state index in [1.807, 2.05) is 45.0 Å². The summed E-state index contributed by atoms with van der Waals surface area (Å²) in [5.74, 6) is 0.619. The molecule has 0 saturated carbocycles. The molecule has 144 valence electrons. The largest absolute Gasteiger partial charge is 0.269 e. The average Bonchev–Trinajstić information content (AvgIpc) is 3.14. The molecular formula is C23H24N2O2S. The molecule has 0 saturated heterocycles. The molecule has 0 N–H and O–H groups in total. The molecule has 0 radical (unpaired) electrons. The predicted octanol–water partition coefficient (Wildman–Crippen LogP) is 4.41. The van der Waals surface area contributed by atoms with Gasteiger partial charge in [0.1, 0.15) is 5.84 Å². The van der Waals surface area contributed by atoms with E-state index >= 15 is 0 Å². The second kappa shape index (κ2) is 7.06. The van der Waals surface area contributed by atoms with Crippen LogP contribution in [-0.4, -0.2) is 31.6 Å². The Kier molecular flexibility index (Phi) is 4.71. The van der Waals surface area contributed by atoms with Crippen molar-refractivity contribution in [3.63, 3.8) is 0 Å². The van der Waals surface area contributed by atoms with Gasteiger partial charge in [0, 0.05) is 6.42 Å². The molecule has 0 atom stereocenters. The van der Waals surface area contributed by atoms with Gasteiger partial charge in [-0.15, -0.1) is 0 Å². The van der Waals surface area contributed by atoms with Gasteiger partial charge in [-0.25, -0.2) is 8.42 Å². The number of rotatable bonds is 4. The Morgan fingerprint density at radius 3 is 2.46 bits per heavy atom. The van der Waals surface area contributed by atoms with Gasteiger partial charge in [0.05, 0.1) is 18.0 Å². The Morgan fingerprint density at radius 2 is 1.64 bits per heavy atom. The molecule has 1 aliphatic rings. The molecule has 0 bridgehead atoms. The van der Waals surface area contributed by atoms with Gasteiger partial charge < -0.3 is 0 Å². The summed E-state index contributed by atoms with van der Waals surface area (Å²) in [6.45, 7) is 6.71. The molecule has 3 aromatic rings. The van der Waals surface area contributed by atoms with Crippen LogP contribution in [-0.2, 0) is 16.4 Å². The number of aliphatic imine (C=N–C) groups is 1. The van der Waals surface area contributed by atoms with E-state index in [1.54, 1.807) is 6.07 Å². The summed E-state index contributed by atoms with van der Waals surface area (Å²) < 4.78 is 28.3. The van der Waals surface area contributed by atoms with Crippen LogP contribution < -0.4 is 0 Å². The fraction of sp³-hybridized carbons (Fsp3) is 0.261. The third-order valence-electron chi connectivity index (χ3n) is 5.47. The summed E-state index contributed by atoms with van der Waals surface area (Å²) in [6.07, 6.45) is 0.504. The van der Waals surface area contributed by atoms with E-state index in [0.717, 1.165) is 33.0 Å². The minimum atomic E-state index is -3.63. The molecule has 1 aliphatic heterocycles. The van der Waals surface area contributed by atoms with E-state index in [1.165, 1.54) is 4.31 Å². The van der Waals surface area contributed by atoms with Crippen LogP contribution in [0.15, 0.2) is 64.5 Å². The zero-order chi connectivity index (χ0) is 19.9. The molecule has 0 unspecified atom stereocenters. The van der Waals surface area contributed by atoms with Crippen molar-refractivity contribution >= 4 is 26.6 Å². The van der Waals surface area contributed by atoms with Crippen LogP contribution in [0.4, 0.5) is 0 Å². The summed E-state index contributed by atoms with van der Waals surface area (Å²) in [7, 11) is -3.63. The number of hydrogen-bond donors (Lipinski definition) is 0. The number of sulfonamides is 1. The SMILES string of the molecule is Cc1cc(C)c(S(=O)(=O)N2CCN=C2Cc2cccc3ccccc23)cc1C. The van der Waals surface area contributed by atoms with E-state index in [-0.39, 0.29) is 0 Å². The van der Waals surface area contributed by atoms with Crippen molar-refractivity contribution in [3.8, 4) is 0 Å². The lowest BCUT2D eigenvalue weighted by Gasteiger charge is -2.22. The second-order valence-electron chi connectivity index (χ2n) is 7.39. The Morgan fingerprint density at radius 1 is 0.929 bits per heavy atom. The van der Waals surface area contributed by atoms with E-state index in [4.69, 9.17) is 0 Å². The second-order valence-corrected chi connectivity index (χ2v) is 9.22. The highest BCUT2D eigenvalue weighted by molar-refractivity contribution is 7.89. The first-order valence-corrected chi connectivity index (χ1v) is 10.9. The standard InChI is InChI=1S/C23H24N2O2S/c1-16-13-18(3)22(14-17(16)2)28(26,27)25-12-11-24-23(25)15-20-9-6-8-19-7-4-5-10-21(19)20/h4-10,13-14H,11-12,15H2,1-3H3. The zero-order valence-electron chi connectivity index (χ0n) is 16.4. The predicted molar refractivity (Wildman–Crippen MR) is 114 cm³/mol. The molecule has 1 heterocycles. The average molecular weight is 393 g/mol. The normalized spacial score (nSPS) is 14.5. The van der Waals surface area contributed by atoms with Crippen LogP contribution in [0.1, 0.15) is 22.3 Å². The number of hydrogen-bond acceptors (Lipinski definition) is 3. The molecule has 4 rings (SSSR count). The molecule has 0 aliphatic carbocycles. The van der Waals surface area contributed by atoms with Gasteiger partial charge in [-0.2, -0.15) is 0 Å². The van der Waals surface area contributed by atoms with Crippen molar-refractivity contribution < 1.29 is 8.42 Å². The van der Waals surface area contributed by atoms with Crippen LogP contribution in [0.3, 0.4) is 0 Å². The number of aryl methyl sites for hydroxylation is 3. The fourth-order valence-electron chi connectivity index (χ4n) is 3.83.